The van der Waals surface area contributed by atoms with Gasteiger partial charge in [-0.15, -0.1) is 10.2 Å². The second kappa shape index (κ2) is 7.46. The van der Waals surface area contributed by atoms with Gasteiger partial charge in [0.25, 0.3) is 5.22 Å². The number of thioether (sulfide) groups is 1. The number of benzene rings is 1. The molecule has 0 aliphatic carbocycles. The number of hydrogen-bond acceptors (Lipinski definition) is 6. The number of morpholine rings is 1. The largest absolute Gasteiger partial charge is 0.411 e. The lowest BCUT2D eigenvalue weighted by atomic mass is 10.2. The molecule has 7 heteroatoms. The first-order chi connectivity index (χ1) is 10.7. The summed E-state index contributed by atoms with van der Waals surface area (Å²) in [5.41, 5.74) is 0.769. The van der Waals surface area contributed by atoms with Crippen LogP contribution in [0.25, 0.3) is 11.5 Å². The van der Waals surface area contributed by atoms with E-state index in [0.29, 0.717) is 22.2 Å². The number of hydrogen-bond donors (Lipinski definition) is 0. The highest BCUT2D eigenvalue weighted by molar-refractivity contribution is 7.99. The predicted molar refractivity (Wildman–Crippen MR) is 87.3 cm³/mol. The van der Waals surface area contributed by atoms with Crippen LogP contribution in [0.4, 0.5) is 0 Å². The molecule has 0 unspecified atom stereocenters. The molecule has 22 heavy (non-hydrogen) atoms. The molecule has 2 heterocycles. The van der Waals surface area contributed by atoms with E-state index in [2.05, 4.69) is 22.0 Å². The number of ether oxygens (including phenoxy) is 1. The quantitative estimate of drug-likeness (QED) is 0.780. The summed E-state index contributed by atoms with van der Waals surface area (Å²) in [6, 6.07) is 7.46. The SMILES string of the molecule is C[C@@H]1CN(CCSc2nnc(-c3ccccc3Cl)o2)CCO1. The van der Waals surface area contributed by atoms with Gasteiger partial charge in [0.05, 0.1) is 23.3 Å². The Morgan fingerprint density at radius 2 is 2.23 bits per heavy atom. The fourth-order valence-corrected chi connectivity index (χ4v) is 3.34. The van der Waals surface area contributed by atoms with E-state index in [9.17, 15) is 0 Å². The van der Waals surface area contributed by atoms with Gasteiger partial charge < -0.3 is 9.15 Å². The lowest BCUT2D eigenvalue weighted by Gasteiger charge is -2.30. The summed E-state index contributed by atoms with van der Waals surface area (Å²) in [5.74, 6) is 1.38. The number of aromatic nitrogens is 2. The van der Waals surface area contributed by atoms with Gasteiger partial charge in [0.2, 0.25) is 5.89 Å². The average molecular weight is 340 g/mol. The van der Waals surface area contributed by atoms with Gasteiger partial charge in [-0.05, 0) is 19.1 Å². The number of nitrogens with zero attached hydrogens (tertiary/aromatic N) is 3. The van der Waals surface area contributed by atoms with Crippen molar-refractivity contribution in [3.8, 4) is 11.5 Å². The molecule has 0 saturated carbocycles. The molecule has 1 atom stereocenters. The molecule has 0 radical (unpaired) electrons. The molecule has 1 aromatic heterocycles. The first-order valence-corrected chi connectivity index (χ1v) is 8.64. The molecule has 0 amide bonds. The van der Waals surface area contributed by atoms with Crippen molar-refractivity contribution in [1.82, 2.24) is 15.1 Å². The molecule has 1 fully saturated rings. The van der Waals surface area contributed by atoms with Crippen LogP contribution < -0.4 is 0 Å². The predicted octanol–water partition coefficient (Wildman–Crippen LogP) is 3.20. The minimum absolute atomic E-state index is 0.314. The summed E-state index contributed by atoms with van der Waals surface area (Å²) < 4.78 is 11.2. The highest BCUT2D eigenvalue weighted by Gasteiger charge is 2.17. The standard InChI is InChI=1S/C15H18ClN3O2S/c1-11-10-19(6-8-20-11)7-9-22-15-18-17-14(21-15)12-4-2-3-5-13(12)16/h2-5,11H,6-10H2,1H3/t11-/m1/s1. The third kappa shape index (κ3) is 4.01. The van der Waals surface area contributed by atoms with Crippen LogP contribution in [0.3, 0.4) is 0 Å². The molecule has 1 aliphatic rings. The highest BCUT2D eigenvalue weighted by atomic mass is 35.5. The van der Waals surface area contributed by atoms with Gasteiger partial charge in [0.15, 0.2) is 0 Å². The van der Waals surface area contributed by atoms with E-state index >= 15 is 0 Å². The van der Waals surface area contributed by atoms with Gasteiger partial charge in [-0.25, -0.2) is 0 Å². The van der Waals surface area contributed by atoms with E-state index < -0.39 is 0 Å². The minimum Gasteiger partial charge on any atom is -0.411 e. The monoisotopic (exact) mass is 339 g/mol. The Labute approximate surface area is 139 Å². The topological polar surface area (TPSA) is 51.4 Å². The lowest BCUT2D eigenvalue weighted by Crippen LogP contribution is -2.42. The fourth-order valence-electron chi connectivity index (χ4n) is 2.37. The molecule has 0 bridgehead atoms. The van der Waals surface area contributed by atoms with Crippen LogP contribution >= 0.6 is 23.4 Å². The molecule has 3 rings (SSSR count). The number of rotatable bonds is 5. The van der Waals surface area contributed by atoms with E-state index in [1.54, 1.807) is 11.8 Å². The molecule has 0 N–H and O–H groups in total. The van der Waals surface area contributed by atoms with Gasteiger partial charge in [0.1, 0.15) is 0 Å². The van der Waals surface area contributed by atoms with Crippen LogP contribution in [0.1, 0.15) is 6.92 Å². The lowest BCUT2D eigenvalue weighted by molar-refractivity contribution is -0.0158. The Kier molecular flexibility index (Phi) is 5.36. The second-order valence-corrected chi connectivity index (χ2v) is 6.64. The van der Waals surface area contributed by atoms with Crippen LogP contribution in [-0.2, 0) is 4.74 Å². The van der Waals surface area contributed by atoms with Crippen LogP contribution in [0.15, 0.2) is 33.9 Å². The normalized spacial score (nSPS) is 19.5. The Bertz CT molecular complexity index is 622. The third-order valence-corrected chi connectivity index (χ3v) is 4.60. The van der Waals surface area contributed by atoms with Crippen LogP contribution in [0.2, 0.25) is 5.02 Å². The van der Waals surface area contributed by atoms with Crippen molar-refractivity contribution in [2.24, 2.45) is 0 Å². The first-order valence-electron chi connectivity index (χ1n) is 7.27. The average Bonchev–Trinajstić information content (AvgIpc) is 2.96. The Morgan fingerprint density at radius 1 is 1.36 bits per heavy atom. The van der Waals surface area contributed by atoms with Gasteiger partial charge >= 0.3 is 0 Å². The maximum atomic E-state index is 6.13. The van der Waals surface area contributed by atoms with Crippen LogP contribution in [-0.4, -0.2) is 53.2 Å². The van der Waals surface area contributed by atoms with Crippen molar-refractivity contribution < 1.29 is 9.15 Å². The maximum absolute atomic E-state index is 6.13. The first kappa shape index (κ1) is 15.8. The van der Waals surface area contributed by atoms with E-state index in [1.165, 1.54) is 0 Å². The molecule has 2 aromatic rings. The summed E-state index contributed by atoms with van der Waals surface area (Å²) in [7, 11) is 0. The van der Waals surface area contributed by atoms with Gasteiger partial charge in [-0.1, -0.05) is 35.5 Å². The molecule has 1 aromatic carbocycles. The number of halogens is 1. The summed E-state index contributed by atoms with van der Waals surface area (Å²) in [6.07, 6.45) is 0.314. The van der Waals surface area contributed by atoms with Crippen LogP contribution in [0, 0.1) is 0 Å². The molecular formula is C15H18ClN3O2S. The highest BCUT2D eigenvalue weighted by Crippen LogP contribution is 2.28. The zero-order valence-electron chi connectivity index (χ0n) is 12.4. The van der Waals surface area contributed by atoms with E-state index in [0.717, 1.165) is 37.6 Å². The van der Waals surface area contributed by atoms with E-state index in [-0.39, 0.29) is 0 Å². The summed E-state index contributed by atoms with van der Waals surface area (Å²) in [4.78, 5) is 2.40. The zero-order valence-corrected chi connectivity index (χ0v) is 13.9. The summed E-state index contributed by atoms with van der Waals surface area (Å²) in [5, 5.41) is 9.34. The molecule has 0 spiro atoms. The minimum atomic E-state index is 0.314. The molecule has 1 aliphatic heterocycles. The van der Waals surface area contributed by atoms with Crippen LogP contribution in [0.5, 0.6) is 0 Å². The van der Waals surface area contributed by atoms with E-state index in [1.807, 2.05) is 24.3 Å². The summed E-state index contributed by atoms with van der Waals surface area (Å²) >= 11 is 7.71. The maximum Gasteiger partial charge on any atom is 0.276 e. The van der Waals surface area contributed by atoms with Crippen molar-refractivity contribution >= 4 is 23.4 Å². The Morgan fingerprint density at radius 3 is 3.05 bits per heavy atom. The molecule has 1 saturated heterocycles. The van der Waals surface area contributed by atoms with Gasteiger partial charge in [0, 0.05) is 25.4 Å². The van der Waals surface area contributed by atoms with Gasteiger partial charge in [-0.2, -0.15) is 0 Å². The van der Waals surface area contributed by atoms with Crippen molar-refractivity contribution in [1.29, 1.82) is 0 Å². The van der Waals surface area contributed by atoms with Crippen molar-refractivity contribution in [3.05, 3.63) is 29.3 Å². The molecule has 118 valence electrons. The van der Waals surface area contributed by atoms with Crippen molar-refractivity contribution in [2.75, 3.05) is 32.0 Å². The summed E-state index contributed by atoms with van der Waals surface area (Å²) in [6.45, 7) is 5.87. The van der Waals surface area contributed by atoms with E-state index in [4.69, 9.17) is 20.8 Å². The zero-order chi connectivity index (χ0) is 15.4. The third-order valence-electron chi connectivity index (χ3n) is 3.47. The fraction of sp³-hybridized carbons (Fsp3) is 0.467. The molecule has 5 nitrogen and oxygen atoms in total. The Balaban J connectivity index is 1.53. The van der Waals surface area contributed by atoms with Gasteiger partial charge in [-0.3, -0.25) is 4.90 Å². The van der Waals surface area contributed by atoms with Crippen molar-refractivity contribution in [2.45, 2.75) is 18.3 Å². The Hall–Kier alpha value is -1.08. The smallest absolute Gasteiger partial charge is 0.276 e. The molecular weight excluding hydrogens is 322 g/mol. The van der Waals surface area contributed by atoms with Crippen molar-refractivity contribution in [3.63, 3.8) is 0 Å². The second-order valence-electron chi connectivity index (χ2n) is 5.18.